The Kier molecular flexibility index (Phi) is 12.0. The molecule has 0 bridgehead atoms. The summed E-state index contributed by atoms with van der Waals surface area (Å²) in [5, 5.41) is 12.7. The molecule has 0 saturated carbocycles. The van der Waals surface area contributed by atoms with Gasteiger partial charge in [-0.05, 0) is 121 Å². The average Bonchev–Trinajstić information content (AvgIpc) is 1.58. The highest BCUT2D eigenvalue weighted by molar-refractivity contribution is 6.79. The van der Waals surface area contributed by atoms with E-state index in [1.54, 1.807) is 0 Å². The van der Waals surface area contributed by atoms with E-state index in [-0.39, 0.29) is 21.3 Å². The summed E-state index contributed by atoms with van der Waals surface area (Å²) in [5.74, 6) is 0. The van der Waals surface area contributed by atoms with Gasteiger partial charge in [0.1, 0.15) is 0 Å². The van der Waals surface area contributed by atoms with Crippen LogP contribution in [0.5, 0.6) is 0 Å². The largest absolute Gasteiger partial charge is 0.309 e. The van der Waals surface area contributed by atoms with E-state index in [2.05, 4.69) is 343 Å². The summed E-state index contributed by atoms with van der Waals surface area (Å²) in [6, 6.07) is 89.8. The maximum absolute atomic E-state index is 2.51. The van der Waals surface area contributed by atoms with Crippen molar-refractivity contribution in [3.63, 3.8) is 0 Å². The Morgan fingerprint density at radius 3 is 0.719 bits per heavy atom. The Labute approximate surface area is 522 Å². The molecule has 434 valence electrons. The lowest BCUT2D eigenvalue weighted by Gasteiger charge is -2.38. The van der Waals surface area contributed by atoms with Crippen molar-refractivity contribution in [1.29, 1.82) is 0 Å². The molecule has 11 aromatic carbocycles. The smallest absolute Gasteiger partial charge is 0.186 e. The zero-order chi connectivity index (χ0) is 61.2. The van der Waals surface area contributed by atoms with Crippen molar-refractivity contribution in [1.82, 2.24) is 22.8 Å². The van der Waals surface area contributed by atoms with Crippen molar-refractivity contribution in [2.75, 3.05) is 0 Å². The zero-order valence-corrected chi connectivity index (χ0v) is 53.4. The lowest BCUT2D eigenvalue weighted by Crippen LogP contribution is -2.45. The second kappa shape index (κ2) is 19.5. The standard InChI is InChI=1S/C82H75B2N5/c1-79(2,3)83(80(4,5)6)52-34-38-55(39-35-52)86-69-30-20-16-26-59(69)65-50-77-67(48-75(65)86)61-28-18-22-32-71(61)88(77)57-42-44-73-63(46-57)64-47-58(43-45-74(64)85(73)54-24-14-13-15-25-54)89-72-33-23-19-29-62(72)68-49-76-66(51-78(68)89)60-27-17-21-31-70(60)87(76)56-40-36-53(37-41-56)84(81(7,8)9)82(10,11)12/h13-51H,1-12H3. The molecule has 0 saturated heterocycles. The minimum absolute atomic E-state index is 0.115. The van der Waals surface area contributed by atoms with Crippen LogP contribution in [-0.4, -0.2) is 36.3 Å². The van der Waals surface area contributed by atoms with E-state index in [9.17, 15) is 0 Å². The molecule has 0 fully saturated rings. The Morgan fingerprint density at radius 2 is 0.416 bits per heavy atom. The van der Waals surface area contributed by atoms with Gasteiger partial charge in [0.2, 0.25) is 0 Å². The van der Waals surface area contributed by atoms with E-state index in [1.807, 2.05) is 0 Å². The number of hydrogen-bond acceptors (Lipinski definition) is 0. The molecule has 5 aromatic heterocycles. The lowest BCUT2D eigenvalue weighted by molar-refractivity contribution is 0.653. The average molecular weight is 1150 g/mol. The summed E-state index contributed by atoms with van der Waals surface area (Å²) in [4.78, 5) is 0. The monoisotopic (exact) mass is 1150 g/mol. The van der Waals surface area contributed by atoms with E-state index in [1.165, 1.54) is 120 Å². The summed E-state index contributed by atoms with van der Waals surface area (Å²) < 4.78 is 12.4. The Bertz CT molecular complexity index is 5170. The van der Waals surface area contributed by atoms with Crippen LogP contribution in [0.1, 0.15) is 83.1 Å². The van der Waals surface area contributed by atoms with Gasteiger partial charge in [-0.3, -0.25) is 0 Å². The van der Waals surface area contributed by atoms with E-state index in [0.29, 0.717) is 13.4 Å². The van der Waals surface area contributed by atoms with Crippen molar-refractivity contribution in [3.05, 3.63) is 237 Å². The van der Waals surface area contributed by atoms with Crippen LogP contribution in [0.3, 0.4) is 0 Å². The number of nitrogens with zero attached hydrogens (tertiary/aromatic N) is 5. The van der Waals surface area contributed by atoms with Crippen molar-refractivity contribution in [2.45, 2.75) is 104 Å². The van der Waals surface area contributed by atoms with Crippen LogP contribution in [0.4, 0.5) is 0 Å². The first-order chi connectivity index (χ1) is 42.7. The van der Waals surface area contributed by atoms with Crippen LogP contribution in [0.25, 0.3) is 137 Å². The van der Waals surface area contributed by atoms with Crippen LogP contribution < -0.4 is 10.9 Å². The fraction of sp³-hybridized carbons (Fsp3) is 0.195. The van der Waals surface area contributed by atoms with Gasteiger partial charge in [-0.15, -0.1) is 0 Å². The maximum Gasteiger partial charge on any atom is 0.186 e. The molecule has 0 aliphatic rings. The molecule has 0 atom stereocenters. The molecule has 0 radical (unpaired) electrons. The molecule has 0 aliphatic carbocycles. The van der Waals surface area contributed by atoms with Gasteiger partial charge in [0.25, 0.3) is 0 Å². The summed E-state index contributed by atoms with van der Waals surface area (Å²) in [5.41, 5.74) is 20.4. The van der Waals surface area contributed by atoms with Crippen molar-refractivity contribution >= 4 is 133 Å². The molecule has 89 heavy (non-hydrogen) atoms. The van der Waals surface area contributed by atoms with Crippen LogP contribution >= 0.6 is 0 Å². The molecule has 0 unspecified atom stereocenters. The van der Waals surface area contributed by atoms with Crippen LogP contribution in [0, 0.1) is 0 Å². The number of hydrogen-bond donors (Lipinski definition) is 0. The molecule has 16 aromatic rings. The van der Waals surface area contributed by atoms with Crippen molar-refractivity contribution < 1.29 is 0 Å². The normalized spacial score (nSPS) is 12.9. The third-order valence-electron chi connectivity index (χ3n) is 19.6. The Hall–Kier alpha value is -9.45. The van der Waals surface area contributed by atoms with Gasteiger partial charge in [0, 0.05) is 82.3 Å². The third kappa shape index (κ3) is 8.51. The predicted octanol–water partition coefficient (Wildman–Crippen LogP) is 21.8. The van der Waals surface area contributed by atoms with Gasteiger partial charge in [0.05, 0.1) is 55.2 Å². The van der Waals surface area contributed by atoms with Gasteiger partial charge < -0.3 is 22.8 Å². The first-order valence-electron chi connectivity index (χ1n) is 32.0. The number of benzene rings is 11. The van der Waals surface area contributed by atoms with Crippen LogP contribution in [-0.2, 0) is 0 Å². The molecular formula is C82H75B2N5. The first kappa shape index (κ1) is 54.9. The molecule has 0 amide bonds. The number of fused-ring (bicyclic) bond motifs is 15. The summed E-state index contributed by atoms with van der Waals surface area (Å²) in [7, 11) is 0. The first-order valence-corrected chi connectivity index (χ1v) is 32.0. The fourth-order valence-electron chi connectivity index (χ4n) is 17.3. The molecule has 0 N–H and O–H groups in total. The van der Waals surface area contributed by atoms with E-state index >= 15 is 0 Å². The molecule has 0 aliphatic heterocycles. The summed E-state index contributed by atoms with van der Waals surface area (Å²) in [6.07, 6.45) is 0. The highest BCUT2D eigenvalue weighted by Gasteiger charge is 2.41. The molecule has 0 spiro atoms. The maximum atomic E-state index is 2.51. The number of aromatic nitrogens is 5. The molecule has 7 heteroatoms. The van der Waals surface area contributed by atoms with Gasteiger partial charge in [-0.2, -0.15) is 0 Å². The highest BCUT2D eigenvalue weighted by Crippen LogP contribution is 2.47. The molecule has 5 nitrogen and oxygen atoms in total. The molecular weight excluding hydrogens is 1080 g/mol. The number of para-hydroxylation sites is 5. The zero-order valence-electron chi connectivity index (χ0n) is 53.4. The van der Waals surface area contributed by atoms with Crippen LogP contribution in [0.15, 0.2) is 237 Å². The quantitative estimate of drug-likeness (QED) is 0.142. The SMILES string of the molecule is CC(C)(C)B(c1ccc(-n2c3ccccc3c3cc4c(cc32)c2ccccc2n4-c2ccc3c(c2)c2cc(-n4c5ccccc5c5cc6c(cc54)c4ccccc4n6-c4ccc(B(C(C)(C)C)C(C)(C)C)cc4)ccc2n3-c2ccccc2)cc1)C(C)(C)C. The minimum atomic E-state index is 0.115. The minimum Gasteiger partial charge on any atom is -0.309 e. The molecule has 5 heterocycles. The Balaban J connectivity index is 0.887. The van der Waals surface area contributed by atoms with E-state index < -0.39 is 0 Å². The topological polar surface area (TPSA) is 24.6 Å². The van der Waals surface area contributed by atoms with Gasteiger partial charge >= 0.3 is 0 Å². The van der Waals surface area contributed by atoms with Crippen LogP contribution in [0.2, 0.25) is 21.3 Å². The second-order valence-corrected chi connectivity index (χ2v) is 29.8. The molecule has 16 rings (SSSR count). The van der Waals surface area contributed by atoms with Crippen molar-refractivity contribution in [3.8, 4) is 28.4 Å². The van der Waals surface area contributed by atoms with Gasteiger partial charge in [-0.1, -0.05) is 231 Å². The summed E-state index contributed by atoms with van der Waals surface area (Å²) in [6.45, 7) is 29.3. The predicted molar refractivity (Wildman–Crippen MR) is 388 cm³/mol. The van der Waals surface area contributed by atoms with E-state index in [4.69, 9.17) is 0 Å². The fourth-order valence-corrected chi connectivity index (χ4v) is 17.3. The summed E-state index contributed by atoms with van der Waals surface area (Å²) >= 11 is 0. The second-order valence-electron chi connectivity index (χ2n) is 29.8. The van der Waals surface area contributed by atoms with Crippen molar-refractivity contribution in [2.24, 2.45) is 0 Å². The van der Waals surface area contributed by atoms with E-state index in [0.717, 1.165) is 28.1 Å². The Morgan fingerprint density at radius 1 is 0.191 bits per heavy atom. The van der Waals surface area contributed by atoms with Gasteiger partial charge in [0.15, 0.2) is 13.4 Å². The highest BCUT2D eigenvalue weighted by atomic mass is 15.0. The number of rotatable bonds is 7. The third-order valence-corrected chi connectivity index (χ3v) is 19.6. The lowest BCUT2D eigenvalue weighted by atomic mass is 9.21. The van der Waals surface area contributed by atoms with Gasteiger partial charge in [-0.25, -0.2) is 0 Å².